The second-order valence-electron chi connectivity index (χ2n) is 10.1. The molecule has 6 unspecified atom stereocenters. The molecular weight excluding hydrogens is 342 g/mol. The maximum atomic E-state index is 5.56. The number of nitrogens with two attached hydrogens (primary N) is 1. The quantitative estimate of drug-likeness (QED) is 0.309. The summed E-state index contributed by atoms with van der Waals surface area (Å²) in [6.07, 6.45) is 23.8. The fourth-order valence-corrected chi connectivity index (χ4v) is 6.50. The summed E-state index contributed by atoms with van der Waals surface area (Å²) in [6, 6.07) is 0.732. The van der Waals surface area contributed by atoms with Crippen molar-refractivity contribution in [2.75, 3.05) is 26.2 Å². The van der Waals surface area contributed by atoms with Gasteiger partial charge in [0.25, 0.3) is 0 Å². The number of fused-ring (bicyclic) bond motifs is 4. The third-order valence-electron chi connectivity index (χ3n) is 8.13. The highest BCUT2D eigenvalue weighted by Gasteiger charge is 2.37. The lowest BCUT2D eigenvalue weighted by molar-refractivity contribution is 0.319. The van der Waals surface area contributed by atoms with Gasteiger partial charge in [-0.15, -0.1) is 0 Å². The van der Waals surface area contributed by atoms with Crippen LogP contribution in [0.15, 0.2) is 24.3 Å². The van der Waals surface area contributed by atoms with Gasteiger partial charge >= 0.3 is 0 Å². The van der Waals surface area contributed by atoms with Crippen molar-refractivity contribution in [2.45, 2.75) is 70.3 Å². The minimum absolute atomic E-state index is 0.732. The number of allylic oxidation sites excluding steroid dienone is 4. The average molecular weight is 386 g/mol. The second-order valence-corrected chi connectivity index (χ2v) is 10.1. The lowest BCUT2D eigenvalue weighted by Gasteiger charge is -2.26. The molecule has 4 bridgehead atoms. The highest BCUT2D eigenvalue weighted by molar-refractivity contribution is 5.11. The third-order valence-corrected chi connectivity index (χ3v) is 8.13. The minimum atomic E-state index is 0.732. The molecule has 0 amide bonds. The molecule has 2 saturated carbocycles. The van der Waals surface area contributed by atoms with Crippen LogP contribution in [0.4, 0.5) is 0 Å². The van der Waals surface area contributed by atoms with Crippen LogP contribution in [-0.2, 0) is 0 Å². The molecule has 158 valence electrons. The first-order chi connectivity index (χ1) is 13.8. The van der Waals surface area contributed by atoms with Crippen molar-refractivity contribution in [2.24, 2.45) is 41.2 Å². The summed E-state index contributed by atoms with van der Waals surface area (Å²) >= 11 is 0. The summed E-state index contributed by atoms with van der Waals surface area (Å²) in [5.41, 5.74) is 5.56. The molecule has 6 atom stereocenters. The van der Waals surface area contributed by atoms with Crippen LogP contribution in [0.2, 0.25) is 0 Å². The Kier molecular flexibility index (Phi) is 7.67. The molecule has 0 aromatic heterocycles. The van der Waals surface area contributed by atoms with E-state index in [-0.39, 0.29) is 0 Å². The fraction of sp³-hybridized carbons (Fsp3) is 0.840. The molecule has 0 heterocycles. The van der Waals surface area contributed by atoms with Gasteiger partial charge in [0.1, 0.15) is 0 Å². The summed E-state index contributed by atoms with van der Waals surface area (Å²) < 4.78 is 0. The SMILES string of the molecule is NCCCNCCCNC(CCC1CC2C=CC1C2)CCC1CC2C=CC1C2. The van der Waals surface area contributed by atoms with Crippen LogP contribution in [0.5, 0.6) is 0 Å². The van der Waals surface area contributed by atoms with E-state index in [1.807, 2.05) is 0 Å². The molecule has 3 nitrogen and oxygen atoms in total. The van der Waals surface area contributed by atoms with Crippen LogP contribution >= 0.6 is 0 Å². The van der Waals surface area contributed by atoms with Crippen molar-refractivity contribution >= 4 is 0 Å². The zero-order valence-corrected chi connectivity index (χ0v) is 17.8. The molecule has 0 saturated heterocycles. The third kappa shape index (κ3) is 5.49. The average Bonchev–Trinajstić information content (AvgIpc) is 3.50. The first-order valence-electron chi connectivity index (χ1n) is 12.3. The van der Waals surface area contributed by atoms with E-state index >= 15 is 0 Å². The van der Waals surface area contributed by atoms with Crippen LogP contribution < -0.4 is 16.4 Å². The predicted molar refractivity (Wildman–Crippen MR) is 119 cm³/mol. The topological polar surface area (TPSA) is 50.1 Å². The monoisotopic (exact) mass is 385 g/mol. The summed E-state index contributed by atoms with van der Waals surface area (Å²) in [5, 5.41) is 7.46. The standard InChI is InChI=1S/C25H43N3/c26-11-1-12-27-13-2-14-28-25(9-7-23-17-19-3-5-21(23)15-19)10-8-24-18-20-4-6-22(24)16-20/h3-6,19-25,27-28H,1-2,7-18,26H2. The highest BCUT2D eigenvalue weighted by Crippen LogP contribution is 2.47. The van der Waals surface area contributed by atoms with Gasteiger partial charge in [-0.05, 0) is 126 Å². The Hall–Kier alpha value is -0.640. The molecule has 0 radical (unpaired) electrons. The highest BCUT2D eigenvalue weighted by atomic mass is 14.9. The summed E-state index contributed by atoms with van der Waals surface area (Å²) in [7, 11) is 0. The number of hydrogen-bond acceptors (Lipinski definition) is 3. The smallest absolute Gasteiger partial charge is 0.00672 e. The van der Waals surface area contributed by atoms with Gasteiger partial charge < -0.3 is 16.4 Å². The second kappa shape index (κ2) is 10.4. The van der Waals surface area contributed by atoms with Gasteiger partial charge in [0, 0.05) is 6.04 Å². The Morgan fingerprint density at radius 1 is 0.750 bits per heavy atom. The van der Waals surface area contributed by atoms with Gasteiger partial charge in [-0.25, -0.2) is 0 Å². The van der Waals surface area contributed by atoms with Crippen molar-refractivity contribution in [1.29, 1.82) is 0 Å². The molecule has 4 N–H and O–H groups in total. The molecule has 28 heavy (non-hydrogen) atoms. The Morgan fingerprint density at radius 3 is 1.86 bits per heavy atom. The number of hydrogen-bond donors (Lipinski definition) is 3. The van der Waals surface area contributed by atoms with Crippen LogP contribution in [0.3, 0.4) is 0 Å². The van der Waals surface area contributed by atoms with Gasteiger partial charge in [0.15, 0.2) is 0 Å². The van der Waals surface area contributed by atoms with Gasteiger partial charge in [-0.2, -0.15) is 0 Å². The van der Waals surface area contributed by atoms with Gasteiger partial charge in [0.2, 0.25) is 0 Å². The maximum Gasteiger partial charge on any atom is 0.00672 e. The molecule has 4 aliphatic rings. The Labute approximate surface area is 173 Å². The molecule has 0 aromatic rings. The molecule has 4 rings (SSSR count). The molecular formula is C25H43N3. The molecule has 3 heteroatoms. The van der Waals surface area contributed by atoms with Gasteiger partial charge in [-0.3, -0.25) is 0 Å². The van der Waals surface area contributed by atoms with Gasteiger partial charge in [-0.1, -0.05) is 24.3 Å². The van der Waals surface area contributed by atoms with Crippen molar-refractivity contribution in [1.82, 2.24) is 10.6 Å². The van der Waals surface area contributed by atoms with Gasteiger partial charge in [0.05, 0.1) is 0 Å². The summed E-state index contributed by atoms with van der Waals surface area (Å²) in [5.74, 6) is 5.61. The molecule has 0 aromatic carbocycles. The van der Waals surface area contributed by atoms with E-state index in [2.05, 4.69) is 34.9 Å². The van der Waals surface area contributed by atoms with E-state index in [1.165, 1.54) is 57.8 Å². The van der Waals surface area contributed by atoms with Crippen molar-refractivity contribution in [3.63, 3.8) is 0 Å². The Bertz CT molecular complexity index is 490. The molecule has 0 aliphatic heterocycles. The summed E-state index contributed by atoms with van der Waals surface area (Å²) in [4.78, 5) is 0. The molecule has 2 fully saturated rings. The van der Waals surface area contributed by atoms with E-state index in [0.29, 0.717) is 0 Å². The Balaban J connectivity index is 1.17. The first kappa shape index (κ1) is 20.6. The number of nitrogens with one attached hydrogen (secondary N) is 2. The lowest BCUT2D eigenvalue weighted by Crippen LogP contribution is -2.33. The Morgan fingerprint density at radius 2 is 1.36 bits per heavy atom. The van der Waals surface area contributed by atoms with Crippen LogP contribution in [0.25, 0.3) is 0 Å². The van der Waals surface area contributed by atoms with Crippen molar-refractivity contribution < 1.29 is 0 Å². The number of rotatable bonds is 14. The summed E-state index contributed by atoms with van der Waals surface area (Å²) in [6.45, 7) is 4.14. The van der Waals surface area contributed by atoms with E-state index in [4.69, 9.17) is 5.73 Å². The largest absolute Gasteiger partial charge is 0.330 e. The van der Waals surface area contributed by atoms with Crippen LogP contribution in [0, 0.1) is 35.5 Å². The van der Waals surface area contributed by atoms with Crippen molar-refractivity contribution in [3.05, 3.63) is 24.3 Å². The minimum Gasteiger partial charge on any atom is -0.330 e. The van der Waals surface area contributed by atoms with Crippen LogP contribution in [-0.4, -0.2) is 32.2 Å². The van der Waals surface area contributed by atoms with E-state index in [9.17, 15) is 0 Å². The van der Waals surface area contributed by atoms with E-state index in [1.54, 1.807) is 0 Å². The molecule has 4 aliphatic carbocycles. The van der Waals surface area contributed by atoms with Crippen molar-refractivity contribution in [3.8, 4) is 0 Å². The lowest BCUT2D eigenvalue weighted by atomic mass is 9.85. The zero-order valence-electron chi connectivity index (χ0n) is 17.8. The normalized spacial score (nSPS) is 36.0. The van der Waals surface area contributed by atoms with E-state index in [0.717, 1.165) is 74.1 Å². The first-order valence-corrected chi connectivity index (χ1v) is 12.3. The van der Waals surface area contributed by atoms with Crippen LogP contribution in [0.1, 0.15) is 64.2 Å². The molecule has 0 spiro atoms. The van der Waals surface area contributed by atoms with E-state index < -0.39 is 0 Å². The maximum absolute atomic E-state index is 5.56. The predicted octanol–water partition coefficient (Wildman–Crippen LogP) is 4.26. The fourth-order valence-electron chi connectivity index (χ4n) is 6.50. The zero-order chi connectivity index (χ0) is 19.2.